The zero-order valence-corrected chi connectivity index (χ0v) is 14.1. The van der Waals surface area contributed by atoms with Crippen LogP contribution < -0.4 is 5.73 Å². The van der Waals surface area contributed by atoms with Crippen molar-refractivity contribution >= 4 is 11.6 Å². The third kappa shape index (κ3) is 4.45. The largest absolute Gasteiger partial charge is 0.329 e. The fraction of sp³-hybridized carbons (Fsp3) is 0.667. The zero-order valence-electron chi connectivity index (χ0n) is 13.4. The van der Waals surface area contributed by atoms with E-state index in [4.69, 9.17) is 17.3 Å². The molecule has 1 saturated carbocycles. The second kappa shape index (κ2) is 8.17. The van der Waals surface area contributed by atoms with E-state index in [1.807, 2.05) is 12.1 Å². The van der Waals surface area contributed by atoms with Crippen LogP contribution >= 0.6 is 11.6 Å². The molecule has 2 N–H and O–H groups in total. The Bertz CT molecular complexity index is 427. The fourth-order valence-corrected chi connectivity index (χ4v) is 3.68. The first-order chi connectivity index (χ1) is 10.1. The molecule has 1 unspecified atom stereocenters. The van der Waals surface area contributed by atoms with E-state index in [2.05, 4.69) is 30.9 Å². The normalized spacial score (nSPS) is 17.8. The molecule has 0 radical (unpaired) electrons. The molecule has 0 heterocycles. The van der Waals surface area contributed by atoms with Gasteiger partial charge in [-0.2, -0.15) is 0 Å². The molecule has 1 fully saturated rings. The summed E-state index contributed by atoms with van der Waals surface area (Å²) in [5.41, 5.74) is 7.34. The summed E-state index contributed by atoms with van der Waals surface area (Å²) in [6.45, 7) is 6.34. The van der Waals surface area contributed by atoms with Gasteiger partial charge in [-0.25, -0.2) is 0 Å². The standard InChI is InChI=1S/C18H29ClN2/c1-14(2)11-12-21(15-7-3-4-8-15)18(13-20)16-9-5-6-10-17(16)19/h5-6,9-10,14-15,18H,3-4,7-8,11-13,20H2,1-2H3. The molecular formula is C18H29ClN2. The third-order valence-electron chi connectivity index (χ3n) is 4.65. The van der Waals surface area contributed by atoms with Gasteiger partial charge in [0.05, 0.1) is 0 Å². The lowest BCUT2D eigenvalue weighted by Crippen LogP contribution is -2.41. The topological polar surface area (TPSA) is 29.3 Å². The Kier molecular flexibility index (Phi) is 6.53. The maximum Gasteiger partial charge on any atom is 0.0488 e. The summed E-state index contributed by atoms with van der Waals surface area (Å²) in [4.78, 5) is 2.63. The van der Waals surface area contributed by atoms with E-state index in [1.165, 1.54) is 37.7 Å². The second-order valence-corrected chi connectivity index (χ2v) is 7.04. The van der Waals surface area contributed by atoms with Crippen LogP contribution in [0, 0.1) is 5.92 Å². The molecule has 118 valence electrons. The Morgan fingerprint density at radius 1 is 1.24 bits per heavy atom. The van der Waals surface area contributed by atoms with Crippen LogP contribution in [-0.2, 0) is 0 Å². The molecule has 0 spiro atoms. The summed E-state index contributed by atoms with van der Waals surface area (Å²) in [5.74, 6) is 0.721. The lowest BCUT2D eigenvalue weighted by molar-refractivity contribution is 0.131. The van der Waals surface area contributed by atoms with Crippen LogP contribution in [-0.4, -0.2) is 24.0 Å². The molecule has 1 aliphatic rings. The van der Waals surface area contributed by atoms with Crippen LogP contribution in [0.25, 0.3) is 0 Å². The minimum absolute atomic E-state index is 0.251. The molecule has 2 nitrogen and oxygen atoms in total. The van der Waals surface area contributed by atoms with Crippen LogP contribution in [0.1, 0.15) is 57.6 Å². The number of halogens is 1. The number of benzene rings is 1. The van der Waals surface area contributed by atoms with Gasteiger partial charge in [-0.3, -0.25) is 4.90 Å². The van der Waals surface area contributed by atoms with E-state index in [0.717, 1.165) is 17.5 Å². The highest BCUT2D eigenvalue weighted by atomic mass is 35.5. The first kappa shape index (κ1) is 16.8. The Hall–Kier alpha value is -0.570. The highest BCUT2D eigenvalue weighted by molar-refractivity contribution is 6.31. The van der Waals surface area contributed by atoms with Gasteiger partial charge in [-0.1, -0.05) is 56.5 Å². The first-order valence-electron chi connectivity index (χ1n) is 8.33. The molecule has 0 saturated heterocycles. The average Bonchev–Trinajstić information content (AvgIpc) is 2.98. The van der Waals surface area contributed by atoms with E-state index < -0.39 is 0 Å². The van der Waals surface area contributed by atoms with Gasteiger partial charge in [0.1, 0.15) is 0 Å². The quantitative estimate of drug-likeness (QED) is 0.795. The summed E-state index contributed by atoms with van der Waals surface area (Å²) in [6, 6.07) is 9.10. The van der Waals surface area contributed by atoms with Gasteiger partial charge < -0.3 is 5.73 Å². The number of nitrogens with two attached hydrogens (primary N) is 1. The van der Waals surface area contributed by atoms with Crippen LogP contribution in [0.4, 0.5) is 0 Å². The Labute approximate surface area is 134 Å². The first-order valence-corrected chi connectivity index (χ1v) is 8.71. The van der Waals surface area contributed by atoms with Gasteiger partial charge in [-0.05, 0) is 43.4 Å². The minimum atomic E-state index is 0.251. The number of rotatable bonds is 7. The van der Waals surface area contributed by atoms with Gasteiger partial charge >= 0.3 is 0 Å². The smallest absolute Gasteiger partial charge is 0.0488 e. The molecule has 0 bridgehead atoms. The lowest BCUT2D eigenvalue weighted by Gasteiger charge is -2.37. The highest BCUT2D eigenvalue weighted by Gasteiger charge is 2.29. The highest BCUT2D eigenvalue weighted by Crippen LogP contribution is 2.33. The Morgan fingerprint density at radius 3 is 2.48 bits per heavy atom. The van der Waals surface area contributed by atoms with Gasteiger partial charge in [0.25, 0.3) is 0 Å². The van der Waals surface area contributed by atoms with Crippen molar-refractivity contribution < 1.29 is 0 Å². The van der Waals surface area contributed by atoms with Gasteiger partial charge in [-0.15, -0.1) is 0 Å². The van der Waals surface area contributed by atoms with Crippen molar-refractivity contribution in [2.45, 2.75) is 58.0 Å². The number of hydrogen-bond donors (Lipinski definition) is 1. The van der Waals surface area contributed by atoms with Crippen molar-refractivity contribution in [3.05, 3.63) is 34.9 Å². The SMILES string of the molecule is CC(C)CCN(C1CCCC1)C(CN)c1ccccc1Cl. The zero-order chi connectivity index (χ0) is 15.2. The molecule has 21 heavy (non-hydrogen) atoms. The molecule has 1 aromatic rings. The average molecular weight is 309 g/mol. The minimum Gasteiger partial charge on any atom is -0.329 e. The van der Waals surface area contributed by atoms with Crippen LogP contribution in [0.2, 0.25) is 5.02 Å². The lowest BCUT2D eigenvalue weighted by atomic mass is 10.0. The molecule has 0 aliphatic heterocycles. The summed E-state index contributed by atoms with van der Waals surface area (Å²) < 4.78 is 0. The number of nitrogens with zero attached hydrogens (tertiary/aromatic N) is 1. The van der Waals surface area contributed by atoms with Crippen molar-refractivity contribution in [1.29, 1.82) is 0 Å². The van der Waals surface area contributed by atoms with Crippen molar-refractivity contribution in [2.24, 2.45) is 11.7 Å². The summed E-state index contributed by atoms with van der Waals surface area (Å²) in [7, 11) is 0. The summed E-state index contributed by atoms with van der Waals surface area (Å²) in [5, 5.41) is 0.848. The number of hydrogen-bond acceptors (Lipinski definition) is 2. The Balaban J connectivity index is 2.21. The summed E-state index contributed by atoms with van der Waals surface area (Å²) in [6.07, 6.45) is 6.53. The van der Waals surface area contributed by atoms with Gasteiger partial charge in [0.2, 0.25) is 0 Å². The molecule has 3 heteroatoms. The second-order valence-electron chi connectivity index (χ2n) is 6.63. The van der Waals surface area contributed by atoms with Crippen LogP contribution in [0.15, 0.2) is 24.3 Å². The van der Waals surface area contributed by atoms with Crippen LogP contribution in [0.3, 0.4) is 0 Å². The van der Waals surface area contributed by atoms with E-state index >= 15 is 0 Å². The maximum absolute atomic E-state index is 6.43. The van der Waals surface area contributed by atoms with E-state index in [1.54, 1.807) is 0 Å². The molecule has 1 aromatic carbocycles. The molecular weight excluding hydrogens is 280 g/mol. The summed E-state index contributed by atoms with van der Waals surface area (Å²) >= 11 is 6.43. The predicted molar refractivity (Wildman–Crippen MR) is 91.7 cm³/mol. The van der Waals surface area contributed by atoms with Crippen molar-refractivity contribution in [3.63, 3.8) is 0 Å². The van der Waals surface area contributed by atoms with E-state index in [9.17, 15) is 0 Å². The van der Waals surface area contributed by atoms with Gasteiger partial charge in [0, 0.05) is 23.7 Å². The molecule has 1 atom stereocenters. The van der Waals surface area contributed by atoms with Crippen molar-refractivity contribution in [1.82, 2.24) is 4.90 Å². The maximum atomic E-state index is 6.43. The van der Waals surface area contributed by atoms with Crippen molar-refractivity contribution in [3.8, 4) is 0 Å². The van der Waals surface area contributed by atoms with Gasteiger partial charge in [0.15, 0.2) is 0 Å². The molecule has 0 aromatic heterocycles. The van der Waals surface area contributed by atoms with Crippen LogP contribution in [0.5, 0.6) is 0 Å². The third-order valence-corrected chi connectivity index (χ3v) is 4.99. The fourth-order valence-electron chi connectivity index (χ4n) is 3.42. The molecule has 0 amide bonds. The Morgan fingerprint density at radius 2 is 1.90 bits per heavy atom. The molecule has 2 rings (SSSR count). The van der Waals surface area contributed by atoms with E-state index in [0.29, 0.717) is 12.6 Å². The predicted octanol–water partition coefficient (Wildman–Crippen LogP) is 4.63. The van der Waals surface area contributed by atoms with E-state index in [-0.39, 0.29) is 6.04 Å². The van der Waals surface area contributed by atoms with Crippen molar-refractivity contribution in [2.75, 3.05) is 13.1 Å². The monoisotopic (exact) mass is 308 g/mol. The molecule has 1 aliphatic carbocycles.